The van der Waals surface area contributed by atoms with Crippen molar-refractivity contribution in [2.24, 2.45) is 17.6 Å². The van der Waals surface area contributed by atoms with Crippen molar-refractivity contribution in [3.05, 3.63) is 53.6 Å². The molecule has 172 valence electrons. The molecule has 1 saturated heterocycles. The molecule has 2 aliphatic rings. The van der Waals surface area contributed by atoms with E-state index < -0.39 is 5.91 Å². The van der Waals surface area contributed by atoms with E-state index in [0.29, 0.717) is 11.5 Å². The Hall–Kier alpha value is -2.33. The second-order valence-corrected chi connectivity index (χ2v) is 9.84. The van der Waals surface area contributed by atoms with Gasteiger partial charge >= 0.3 is 0 Å². The van der Waals surface area contributed by atoms with Crippen LogP contribution in [0.3, 0.4) is 0 Å². The third-order valence-electron chi connectivity index (χ3n) is 8.01. The fourth-order valence-electron chi connectivity index (χ4n) is 5.86. The molecule has 3 atom stereocenters. The monoisotopic (exact) mass is 434 g/mol. The third kappa shape index (κ3) is 4.85. The minimum absolute atomic E-state index is 0.392. The van der Waals surface area contributed by atoms with Crippen molar-refractivity contribution in [1.82, 2.24) is 4.90 Å². The largest absolute Gasteiger partial charge is 0.496 e. The summed E-state index contributed by atoms with van der Waals surface area (Å²) in [5.74, 6) is 2.84. The van der Waals surface area contributed by atoms with Crippen molar-refractivity contribution >= 4 is 5.91 Å². The van der Waals surface area contributed by atoms with Crippen LogP contribution in [-0.2, 0) is 0 Å². The molecule has 1 aliphatic carbocycles. The topological polar surface area (TPSA) is 55.6 Å². The summed E-state index contributed by atoms with van der Waals surface area (Å²) in [6.07, 6.45) is 7.86. The summed E-state index contributed by atoms with van der Waals surface area (Å²) in [6, 6.07) is 14.8. The zero-order chi connectivity index (χ0) is 22.7. The molecule has 4 rings (SSSR count). The maximum Gasteiger partial charge on any atom is 0.248 e. The number of amides is 1. The van der Waals surface area contributed by atoms with Gasteiger partial charge in [-0.3, -0.25) is 4.79 Å². The molecule has 0 radical (unpaired) electrons. The molecule has 4 heteroatoms. The summed E-state index contributed by atoms with van der Waals surface area (Å²) in [4.78, 5) is 14.2. The van der Waals surface area contributed by atoms with Crippen LogP contribution >= 0.6 is 0 Å². The molecule has 1 heterocycles. The van der Waals surface area contributed by atoms with Gasteiger partial charge in [0, 0.05) is 11.6 Å². The number of nitrogens with two attached hydrogens (primary N) is 1. The maximum atomic E-state index is 11.4. The van der Waals surface area contributed by atoms with Gasteiger partial charge in [0.15, 0.2) is 0 Å². The highest BCUT2D eigenvalue weighted by Crippen LogP contribution is 2.40. The van der Waals surface area contributed by atoms with Gasteiger partial charge in [0.25, 0.3) is 0 Å². The minimum atomic E-state index is -0.392. The molecule has 0 aromatic heterocycles. The van der Waals surface area contributed by atoms with Crippen LogP contribution in [0.4, 0.5) is 0 Å². The lowest BCUT2D eigenvalue weighted by Gasteiger charge is -2.44. The summed E-state index contributed by atoms with van der Waals surface area (Å²) in [6.45, 7) is 7.16. The lowest BCUT2D eigenvalue weighted by Crippen LogP contribution is -2.47. The molecule has 2 aromatic carbocycles. The molecule has 2 aromatic rings. The Morgan fingerprint density at radius 2 is 1.72 bits per heavy atom. The molecular formula is C28H38N2O2. The zero-order valence-corrected chi connectivity index (χ0v) is 19.8. The molecular weight excluding hydrogens is 396 g/mol. The number of primary amides is 1. The summed E-state index contributed by atoms with van der Waals surface area (Å²) in [7, 11) is 1.77. The van der Waals surface area contributed by atoms with E-state index in [9.17, 15) is 4.79 Å². The summed E-state index contributed by atoms with van der Waals surface area (Å²) in [5.41, 5.74) is 9.50. The van der Waals surface area contributed by atoms with E-state index in [1.807, 2.05) is 12.1 Å². The number of rotatable bonds is 6. The Labute approximate surface area is 193 Å². The summed E-state index contributed by atoms with van der Waals surface area (Å²) >= 11 is 0. The number of ether oxygens (including phenoxy) is 1. The van der Waals surface area contributed by atoms with E-state index in [1.54, 1.807) is 19.2 Å². The van der Waals surface area contributed by atoms with Crippen LogP contribution in [0.5, 0.6) is 5.75 Å². The lowest BCUT2D eigenvalue weighted by molar-refractivity contribution is 0.0640. The van der Waals surface area contributed by atoms with Crippen LogP contribution in [-0.4, -0.2) is 37.0 Å². The third-order valence-corrected chi connectivity index (χ3v) is 8.01. The highest BCUT2D eigenvalue weighted by Gasteiger charge is 2.34. The molecule has 4 nitrogen and oxygen atoms in total. The van der Waals surface area contributed by atoms with Gasteiger partial charge in [-0.1, -0.05) is 44.9 Å². The van der Waals surface area contributed by atoms with Crippen molar-refractivity contribution < 1.29 is 9.53 Å². The second-order valence-electron chi connectivity index (χ2n) is 9.84. The smallest absolute Gasteiger partial charge is 0.248 e. The van der Waals surface area contributed by atoms with E-state index >= 15 is 0 Å². The number of likely N-dealkylation sites (tertiary alicyclic amines) is 1. The molecule has 0 spiro atoms. The Balaban J connectivity index is 1.49. The first kappa shape index (κ1) is 22.8. The number of nitrogens with zero attached hydrogens (tertiary/aromatic N) is 1. The van der Waals surface area contributed by atoms with Gasteiger partial charge in [0.05, 0.1) is 7.11 Å². The summed E-state index contributed by atoms with van der Waals surface area (Å²) < 4.78 is 5.75. The Morgan fingerprint density at radius 1 is 1.03 bits per heavy atom. The van der Waals surface area contributed by atoms with E-state index in [4.69, 9.17) is 10.5 Å². The fraction of sp³-hybridized carbons (Fsp3) is 0.536. The van der Waals surface area contributed by atoms with Gasteiger partial charge in [-0.25, -0.2) is 0 Å². The van der Waals surface area contributed by atoms with Crippen LogP contribution in [0.1, 0.15) is 74.2 Å². The van der Waals surface area contributed by atoms with Crippen LogP contribution < -0.4 is 10.5 Å². The van der Waals surface area contributed by atoms with Crippen molar-refractivity contribution in [2.45, 2.75) is 64.3 Å². The standard InChI is InChI=1S/C28H38N2O2/c1-4-20-6-5-19(2)26(17-20)30-15-13-22(14-16-30)25-18-24(11-12-27(25)32-3)21-7-9-23(10-8-21)28(29)31/h7-12,18-20,22,26H,4-6,13-17H2,1-3H3,(H2,29,31)/t19-,20-,26+/m1/s1. The number of carbonyl (C=O) groups excluding carboxylic acids is 1. The highest BCUT2D eigenvalue weighted by atomic mass is 16.5. The molecule has 32 heavy (non-hydrogen) atoms. The number of benzene rings is 2. The number of hydrogen-bond acceptors (Lipinski definition) is 3. The first-order valence-corrected chi connectivity index (χ1v) is 12.3. The Kier molecular flexibility index (Phi) is 7.20. The lowest BCUT2D eigenvalue weighted by atomic mass is 9.76. The minimum Gasteiger partial charge on any atom is -0.496 e. The summed E-state index contributed by atoms with van der Waals surface area (Å²) in [5, 5.41) is 0. The first-order chi connectivity index (χ1) is 15.5. The Bertz CT molecular complexity index is 916. The average Bonchev–Trinajstić information content (AvgIpc) is 2.84. The molecule has 0 bridgehead atoms. The van der Waals surface area contributed by atoms with Crippen LogP contribution in [0.2, 0.25) is 0 Å². The van der Waals surface area contributed by atoms with Crippen molar-refractivity contribution in [2.75, 3.05) is 20.2 Å². The number of hydrogen-bond donors (Lipinski definition) is 1. The predicted molar refractivity (Wildman–Crippen MR) is 131 cm³/mol. The zero-order valence-electron chi connectivity index (χ0n) is 19.8. The molecule has 2 fully saturated rings. The van der Waals surface area contributed by atoms with E-state index in [1.165, 1.54) is 57.2 Å². The van der Waals surface area contributed by atoms with Gasteiger partial charge in [0.2, 0.25) is 5.91 Å². The average molecular weight is 435 g/mol. The molecule has 0 unspecified atom stereocenters. The van der Waals surface area contributed by atoms with Gasteiger partial charge in [-0.2, -0.15) is 0 Å². The van der Waals surface area contributed by atoms with E-state index in [-0.39, 0.29) is 0 Å². The van der Waals surface area contributed by atoms with Crippen molar-refractivity contribution in [3.63, 3.8) is 0 Å². The maximum absolute atomic E-state index is 11.4. The van der Waals surface area contributed by atoms with E-state index in [0.717, 1.165) is 34.8 Å². The predicted octanol–water partition coefficient (Wildman–Crippen LogP) is 5.86. The first-order valence-electron chi connectivity index (χ1n) is 12.3. The van der Waals surface area contributed by atoms with Gasteiger partial charge in [0.1, 0.15) is 5.75 Å². The SMILES string of the molecule is CC[C@@H]1CC[C@@H](C)[C@@H](N2CCC(c3cc(-c4ccc(C(N)=O)cc4)ccc3OC)CC2)C1. The second kappa shape index (κ2) is 10.1. The van der Waals surface area contributed by atoms with Crippen LogP contribution in [0.15, 0.2) is 42.5 Å². The molecule has 1 saturated carbocycles. The molecule has 2 N–H and O–H groups in total. The van der Waals surface area contributed by atoms with Gasteiger partial charge in [-0.05, 0) is 97.5 Å². The van der Waals surface area contributed by atoms with E-state index in [2.05, 4.69) is 36.9 Å². The van der Waals surface area contributed by atoms with Crippen LogP contribution in [0.25, 0.3) is 11.1 Å². The van der Waals surface area contributed by atoms with Crippen molar-refractivity contribution in [1.29, 1.82) is 0 Å². The van der Waals surface area contributed by atoms with Gasteiger partial charge < -0.3 is 15.4 Å². The molecule has 1 aliphatic heterocycles. The number of piperidine rings is 1. The molecule has 1 amide bonds. The van der Waals surface area contributed by atoms with Crippen molar-refractivity contribution in [3.8, 4) is 16.9 Å². The normalized spacial score (nSPS) is 24.9. The number of carbonyl (C=O) groups is 1. The van der Waals surface area contributed by atoms with Crippen LogP contribution in [0, 0.1) is 11.8 Å². The fourth-order valence-corrected chi connectivity index (χ4v) is 5.86. The highest BCUT2D eigenvalue weighted by molar-refractivity contribution is 5.93. The Morgan fingerprint density at radius 3 is 2.34 bits per heavy atom. The number of methoxy groups -OCH3 is 1. The quantitative estimate of drug-likeness (QED) is 0.620. The van der Waals surface area contributed by atoms with Gasteiger partial charge in [-0.15, -0.1) is 0 Å².